The van der Waals surface area contributed by atoms with Gasteiger partial charge in [0.2, 0.25) is 0 Å². The smallest absolute Gasteiger partial charge is 0.338 e. The summed E-state index contributed by atoms with van der Waals surface area (Å²) in [7, 11) is -3.22. The fraction of sp³-hybridized carbons (Fsp3) is 0.588. The SMILES string of the molecule is CCC(CC(C)(CC(C)c1ccc(O)cc1)C(=O)OC1(C(C)C)CCCC1)c1ccc(C(=O)OCCS(C)(=O)=O)cc1. The molecule has 232 valence electrons. The van der Waals surface area contributed by atoms with E-state index < -0.39 is 26.8 Å². The van der Waals surface area contributed by atoms with Crippen LogP contribution in [0.15, 0.2) is 48.5 Å². The molecule has 2 aromatic carbocycles. The number of rotatable bonds is 14. The minimum absolute atomic E-state index is 0.0449. The van der Waals surface area contributed by atoms with Crippen LogP contribution < -0.4 is 0 Å². The molecule has 0 aliphatic heterocycles. The highest BCUT2D eigenvalue weighted by Crippen LogP contribution is 2.46. The molecule has 1 aliphatic rings. The van der Waals surface area contributed by atoms with Gasteiger partial charge in [0.1, 0.15) is 18.0 Å². The summed E-state index contributed by atoms with van der Waals surface area (Å²) in [6.07, 6.45) is 6.97. The number of phenols is 1. The van der Waals surface area contributed by atoms with Crippen molar-refractivity contribution in [3.8, 4) is 5.75 Å². The van der Waals surface area contributed by atoms with Gasteiger partial charge in [-0.1, -0.05) is 52.0 Å². The second kappa shape index (κ2) is 14.1. The first-order valence-corrected chi connectivity index (χ1v) is 17.2. The van der Waals surface area contributed by atoms with E-state index in [0.717, 1.165) is 49.5 Å². The van der Waals surface area contributed by atoms with E-state index in [1.807, 2.05) is 31.2 Å². The highest BCUT2D eigenvalue weighted by atomic mass is 32.2. The van der Waals surface area contributed by atoms with Gasteiger partial charge in [-0.25, -0.2) is 13.2 Å². The first-order valence-electron chi connectivity index (χ1n) is 15.2. The van der Waals surface area contributed by atoms with Gasteiger partial charge in [0.05, 0.1) is 16.7 Å². The maximum absolute atomic E-state index is 14.2. The van der Waals surface area contributed by atoms with Crippen LogP contribution in [0.1, 0.15) is 113 Å². The Balaban J connectivity index is 1.84. The van der Waals surface area contributed by atoms with Crippen molar-refractivity contribution in [3.63, 3.8) is 0 Å². The van der Waals surface area contributed by atoms with Crippen LogP contribution in [0, 0.1) is 11.3 Å². The third-order valence-electron chi connectivity index (χ3n) is 9.00. The fourth-order valence-corrected chi connectivity index (χ4v) is 6.61. The monoisotopic (exact) mass is 600 g/mol. The summed E-state index contributed by atoms with van der Waals surface area (Å²) in [4.78, 5) is 26.6. The zero-order valence-corrected chi connectivity index (χ0v) is 26.8. The Morgan fingerprint density at radius 2 is 1.52 bits per heavy atom. The summed E-state index contributed by atoms with van der Waals surface area (Å²) in [5.41, 5.74) is 1.22. The zero-order chi connectivity index (χ0) is 31.1. The van der Waals surface area contributed by atoms with Gasteiger partial charge in [-0.15, -0.1) is 0 Å². The number of hydrogen-bond acceptors (Lipinski definition) is 7. The Morgan fingerprint density at radius 1 is 0.952 bits per heavy atom. The normalized spacial score (nSPS) is 17.8. The molecule has 0 bridgehead atoms. The lowest BCUT2D eigenvalue weighted by molar-refractivity contribution is -0.177. The standard InChI is InChI=1S/C34H48O7S/c1-7-26(28-10-12-29(13-11-28)31(36)40-20-21-42(6,38)39)23-33(5,22-25(4)27-14-16-30(35)17-15-27)32(37)41-34(24(2)3)18-8-9-19-34/h10-17,24-26,35H,7-9,18-23H2,1-6H3. The van der Waals surface area contributed by atoms with Gasteiger partial charge < -0.3 is 14.6 Å². The number of ether oxygens (including phenoxy) is 2. The van der Waals surface area contributed by atoms with Gasteiger partial charge in [0, 0.05) is 6.26 Å². The quantitative estimate of drug-likeness (QED) is 0.229. The Labute approximate surface area is 251 Å². The van der Waals surface area contributed by atoms with Crippen molar-refractivity contribution >= 4 is 21.8 Å². The summed E-state index contributed by atoms with van der Waals surface area (Å²) in [5.74, 6) is -0.397. The summed E-state index contributed by atoms with van der Waals surface area (Å²) in [6.45, 7) is 10.3. The summed E-state index contributed by atoms with van der Waals surface area (Å²) in [6, 6.07) is 14.3. The van der Waals surface area contributed by atoms with Crippen LogP contribution in [0.4, 0.5) is 0 Å². The molecule has 0 saturated heterocycles. The minimum atomic E-state index is -3.22. The Bertz CT molecular complexity index is 1290. The Morgan fingerprint density at radius 3 is 2.05 bits per heavy atom. The minimum Gasteiger partial charge on any atom is -0.508 e. The maximum Gasteiger partial charge on any atom is 0.338 e. The lowest BCUT2D eigenvalue weighted by Crippen LogP contribution is -2.43. The first-order chi connectivity index (χ1) is 19.7. The average molecular weight is 601 g/mol. The van der Waals surface area contributed by atoms with Gasteiger partial charge in [-0.05, 0) is 105 Å². The predicted molar refractivity (Wildman–Crippen MR) is 165 cm³/mol. The van der Waals surface area contributed by atoms with Crippen molar-refractivity contribution < 1.29 is 32.6 Å². The molecule has 3 rings (SSSR count). The third kappa shape index (κ3) is 8.82. The largest absolute Gasteiger partial charge is 0.508 e. The topological polar surface area (TPSA) is 107 Å². The van der Waals surface area contributed by atoms with Crippen LogP contribution in [0.3, 0.4) is 0 Å². The van der Waals surface area contributed by atoms with Gasteiger partial charge in [-0.3, -0.25) is 4.79 Å². The van der Waals surface area contributed by atoms with Gasteiger partial charge >= 0.3 is 11.9 Å². The Hall–Kier alpha value is -2.87. The molecule has 3 atom stereocenters. The van der Waals surface area contributed by atoms with Gasteiger partial charge in [0.25, 0.3) is 0 Å². The number of hydrogen-bond donors (Lipinski definition) is 1. The molecule has 2 aromatic rings. The number of aromatic hydroxyl groups is 1. The van der Waals surface area contributed by atoms with Gasteiger partial charge in [0.15, 0.2) is 9.84 Å². The van der Waals surface area contributed by atoms with Crippen molar-refractivity contribution in [2.45, 2.75) is 97.0 Å². The molecule has 1 saturated carbocycles. The van der Waals surface area contributed by atoms with E-state index in [1.165, 1.54) is 0 Å². The summed E-state index contributed by atoms with van der Waals surface area (Å²) >= 11 is 0. The molecular formula is C34H48O7S. The maximum atomic E-state index is 14.2. The molecule has 0 radical (unpaired) electrons. The Kier molecular flexibility index (Phi) is 11.3. The summed E-state index contributed by atoms with van der Waals surface area (Å²) < 4.78 is 34.3. The van der Waals surface area contributed by atoms with Crippen LogP contribution in [0.5, 0.6) is 5.75 Å². The zero-order valence-electron chi connectivity index (χ0n) is 26.0. The van der Waals surface area contributed by atoms with E-state index in [0.29, 0.717) is 18.4 Å². The average Bonchev–Trinajstić information content (AvgIpc) is 3.41. The lowest BCUT2D eigenvalue weighted by atomic mass is 9.71. The number of sulfone groups is 1. The second-order valence-corrected chi connectivity index (χ2v) is 15.0. The molecule has 1 aliphatic carbocycles. The van der Waals surface area contributed by atoms with E-state index >= 15 is 0 Å². The fourth-order valence-electron chi connectivity index (χ4n) is 6.23. The number of esters is 2. The molecular weight excluding hydrogens is 552 g/mol. The third-order valence-corrected chi connectivity index (χ3v) is 9.91. The van der Waals surface area contributed by atoms with Crippen molar-refractivity contribution in [2.75, 3.05) is 18.6 Å². The number of benzene rings is 2. The predicted octanol–water partition coefficient (Wildman–Crippen LogP) is 7.19. The number of phenolic OH excluding ortho intramolecular Hbond substituents is 1. The molecule has 1 fully saturated rings. The molecule has 0 heterocycles. The van der Waals surface area contributed by atoms with Crippen LogP contribution in [0.2, 0.25) is 0 Å². The number of carbonyl (C=O) groups excluding carboxylic acids is 2. The molecule has 7 nitrogen and oxygen atoms in total. The van der Waals surface area contributed by atoms with Crippen molar-refractivity contribution in [2.24, 2.45) is 11.3 Å². The van der Waals surface area contributed by atoms with Crippen LogP contribution >= 0.6 is 0 Å². The van der Waals surface area contributed by atoms with Crippen LogP contribution in [-0.2, 0) is 24.1 Å². The van der Waals surface area contributed by atoms with E-state index in [9.17, 15) is 23.1 Å². The van der Waals surface area contributed by atoms with E-state index in [-0.39, 0.29) is 41.8 Å². The highest BCUT2D eigenvalue weighted by molar-refractivity contribution is 7.90. The van der Waals surface area contributed by atoms with Crippen molar-refractivity contribution in [1.29, 1.82) is 0 Å². The van der Waals surface area contributed by atoms with Crippen LogP contribution in [0.25, 0.3) is 0 Å². The van der Waals surface area contributed by atoms with Crippen molar-refractivity contribution in [3.05, 3.63) is 65.2 Å². The number of carbonyl (C=O) groups is 2. The molecule has 0 spiro atoms. The van der Waals surface area contributed by atoms with E-state index in [1.54, 1.807) is 24.3 Å². The molecule has 3 unspecified atom stereocenters. The molecule has 0 amide bonds. The lowest BCUT2D eigenvalue weighted by Gasteiger charge is -2.40. The molecule has 1 N–H and O–H groups in total. The first kappa shape index (κ1) is 33.6. The van der Waals surface area contributed by atoms with E-state index in [4.69, 9.17) is 9.47 Å². The molecule has 0 aromatic heterocycles. The van der Waals surface area contributed by atoms with Crippen molar-refractivity contribution in [1.82, 2.24) is 0 Å². The molecule has 8 heteroatoms. The second-order valence-electron chi connectivity index (χ2n) is 12.8. The summed E-state index contributed by atoms with van der Waals surface area (Å²) in [5, 5.41) is 9.78. The van der Waals surface area contributed by atoms with Gasteiger partial charge in [-0.2, -0.15) is 0 Å². The highest BCUT2D eigenvalue weighted by Gasteiger charge is 2.46. The van der Waals surface area contributed by atoms with Crippen LogP contribution in [-0.4, -0.2) is 49.7 Å². The van der Waals surface area contributed by atoms with E-state index in [2.05, 4.69) is 27.7 Å². The molecule has 42 heavy (non-hydrogen) atoms.